The molecule has 0 amide bonds. The Hall–Kier alpha value is -2.04. The van der Waals surface area contributed by atoms with Crippen LogP contribution in [0.15, 0.2) is 34.2 Å². The Morgan fingerprint density at radius 2 is 1.88 bits per heavy atom. The topological polar surface area (TPSA) is 73.8 Å². The van der Waals surface area contributed by atoms with Gasteiger partial charge in [0.15, 0.2) is 5.96 Å². The third-order valence-electron chi connectivity index (χ3n) is 4.00. The minimum Gasteiger partial charge on any atom is -0.357 e. The number of benzene rings is 1. The number of piperidine rings is 1. The van der Waals surface area contributed by atoms with Crippen molar-refractivity contribution in [3.8, 4) is 12.3 Å². The second-order valence-electron chi connectivity index (χ2n) is 5.86. The Bertz CT molecular complexity index is 714. The smallest absolute Gasteiger partial charge is 0.243 e. The second-order valence-corrected chi connectivity index (χ2v) is 7.80. The lowest BCUT2D eigenvalue weighted by Gasteiger charge is -2.25. The fourth-order valence-corrected chi connectivity index (χ4v) is 4.19. The van der Waals surface area contributed by atoms with Crippen LogP contribution < -0.4 is 10.6 Å². The van der Waals surface area contributed by atoms with Crippen LogP contribution in [-0.4, -0.2) is 44.9 Å². The van der Waals surface area contributed by atoms with E-state index >= 15 is 0 Å². The van der Waals surface area contributed by atoms with Crippen LogP contribution in [0.25, 0.3) is 0 Å². The number of sulfonamides is 1. The molecule has 0 aliphatic carbocycles. The van der Waals surface area contributed by atoms with E-state index in [-0.39, 0.29) is 0 Å². The van der Waals surface area contributed by atoms with Crippen molar-refractivity contribution in [2.24, 2.45) is 4.99 Å². The molecule has 0 unspecified atom stereocenters. The Labute approximate surface area is 150 Å². The molecule has 0 radical (unpaired) electrons. The molecule has 136 valence electrons. The van der Waals surface area contributed by atoms with E-state index < -0.39 is 10.0 Å². The highest BCUT2D eigenvalue weighted by atomic mass is 32.2. The molecule has 1 aliphatic rings. The van der Waals surface area contributed by atoms with Gasteiger partial charge in [0, 0.05) is 19.6 Å². The first-order valence-corrected chi connectivity index (χ1v) is 10.1. The number of rotatable bonds is 6. The van der Waals surface area contributed by atoms with E-state index in [0.717, 1.165) is 31.4 Å². The maximum absolute atomic E-state index is 12.6. The summed E-state index contributed by atoms with van der Waals surface area (Å²) in [5, 5.41) is 6.13. The molecule has 1 fully saturated rings. The average Bonchev–Trinajstić information content (AvgIpc) is 2.65. The molecule has 1 heterocycles. The van der Waals surface area contributed by atoms with Gasteiger partial charge in [-0.3, -0.25) is 0 Å². The first kappa shape index (κ1) is 19.3. The zero-order valence-electron chi connectivity index (χ0n) is 14.7. The van der Waals surface area contributed by atoms with Crippen molar-refractivity contribution in [2.75, 3.05) is 26.2 Å². The monoisotopic (exact) mass is 362 g/mol. The predicted octanol–water partition coefficient (Wildman–Crippen LogP) is 1.55. The average molecular weight is 362 g/mol. The maximum Gasteiger partial charge on any atom is 0.243 e. The summed E-state index contributed by atoms with van der Waals surface area (Å²) in [6, 6.07) is 6.95. The van der Waals surface area contributed by atoms with Crippen LogP contribution in [0.5, 0.6) is 0 Å². The summed E-state index contributed by atoms with van der Waals surface area (Å²) < 4.78 is 26.8. The van der Waals surface area contributed by atoms with Gasteiger partial charge in [-0.1, -0.05) is 24.5 Å². The Kier molecular flexibility index (Phi) is 7.29. The zero-order chi connectivity index (χ0) is 18.1. The minimum atomic E-state index is -3.38. The van der Waals surface area contributed by atoms with Crippen LogP contribution in [0.3, 0.4) is 0 Å². The number of hydrogen-bond donors (Lipinski definition) is 2. The lowest BCUT2D eigenvalue weighted by Crippen LogP contribution is -2.37. The number of nitrogens with one attached hydrogen (secondary N) is 2. The number of terminal acetylenes is 1. The van der Waals surface area contributed by atoms with Crippen molar-refractivity contribution in [3.05, 3.63) is 29.8 Å². The van der Waals surface area contributed by atoms with Crippen molar-refractivity contribution in [3.63, 3.8) is 0 Å². The molecule has 7 heteroatoms. The van der Waals surface area contributed by atoms with Gasteiger partial charge in [0.25, 0.3) is 0 Å². The molecule has 1 aromatic rings. The highest BCUT2D eigenvalue weighted by Crippen LogP contribution is 2.20. The van der Waals surface area contributed by atoms with Crippen molar-refractivity contribution in [2.45, 2.75) is 37.6 Å². The van der Waals surface area contributed by atoms with Gasteiger partial charge in [-0.2, -0.15) is 4.31 Å². The molecular weight excluding hydrogens is 336 g/mol. The van der Waals surface area contributed by atoms with Crippen molar-refractivity contribution >= 4 is 16.0 Å². The van der Waals surface area contributed by atoms with E-state index in [9.17, 15) is 8.42 Å². The van der Waals surface area contributed by atoms with Crippen LogP contribution in [0.2, 0.25) is 0 Å². The summed E-state index contributed by atoms with van der Waals surface area (Å²) in [6.45, 7) is 4.79. The highest BCUT2D eigenvalue weighted by Gasteiger charge is 2.25. The summed E-state index contributed by atoms with van der Waals surface area (Å²) in [5.74, 6) is 3.15. The number of guanidine groups is 1. The Morgan fingerprint density at radius 1 is 1.20 bits per heavy atom. The summed E-state index contributed by atoms with van der Waals surface area (Å²) >= 11 is 0. The molecular formula is C18H26N4O2S. The molecule has 1 aliphatic heterocycles. The largest absolute Gasteiger partial charge is 0.357 e. The van der Waals surface area contributed by atoms with Crippen LogP contribution in [0.4, 0.5) is 0 Å². The highest BCUT2D eigenvalue weighted by molar-refractivity contribution is 7.89. The fourth-order valence-electron chi connectivity index (χ4n) is 2.67. The van der Waals surface area contributed by atoms with Gasteiger partial charge in [-0.05, 0) is 37.5 Å². The molecule has 6 nitrogen and oxygen atoms in total. The quantitative estimate of drug-likeness (QED) is 0.457. The molecule has 0 spiro atoms. The van der Waals surface area contributed by atoms with Gasteiger partial charge in [0.2, 0.25) is 10.0 Å². The van der Waals surface area contributed by atoms with Gasteiger partial charge >= 0.3 is 0 Å². The van der Waals surface area contributed by atoms with Gasteiger partial charge in [0.05, 0.1) is 18.0 Å². The molecule has 0 bridgehead atoms. The minimum absolute atomic E-state index is 0.347. The van der Waals surface area contributed by atoms with Crippen molar-refractivity contribution in [1.82, 2.24) is 14.9 Å². The van der Waals surface area contributed by atoms with Crippen LogP contribution >= 0.6 is 0 Å². The second kappa shape index (κ2) is 9.44. The zero-order valence-corrected chi connectivity index (χ0v) is 15.5. The molecule has 0 atom stereocenters. The maximum atomic E-state index is 12.6. The predicted molar refractivity (Wildman–Crippen MR) is 101 cm³/mol. The fraction of sp³-hybridized carbons (Fsp3) is 0.500. The van der Waals surface area contributed by atoms with Gasteiger partial charge in [-0.15, -0.1) is 6.42 Å². The van der Waals surface area contributed by atoms with E-state index in [0.29, 0.717) is 37.0 Å². The van der Waals surface area contributed by atoms with Gasteiger partial charge in [0.1, 0.15) is 0 Å². The lowest BCUT2D eigenvalue weighted by atomic mass is 10.2. The summed E-state index contributed by atoms with van der Waals surface area (Å²) in [5.41, 5.74) is 0.940. The summed E-state index contributed by atoms with van der Waals surface area (Å²) in [6.07, 6.45) is 8.21. The van der Waals surface area contributed by atoms with E-state index in [2.05, 4.69) is 21.5 Å². The summed E-state index contributed by atoms with van der Waals surface area (Å²) in [4.78, 5) is 4.79. The SMILES string of the molecule is C#CCNC(=NCc1ccc(S(=O)(=O)N2CCCCC2)cc1)NCC. The van der Waals surface area contributed by atoms with Crippen molar-refractivity contribution in [1.29, 1.82) is 0 Å². The van der Waals surface area contributed by atoms with Crippen LogP contribution in [0, 0.1) is 12.3 Å². The molecule has 2 rings (SSSR count). The lowest BCUT2D eigenvalue weighted by molar-refractivity contribution is 0.346. The normalized spacial score (nSPS) is 16.2. The first-order chi connectivity index (χ1) is 12.1. The van der Waals surface area contributed by atoms with Crippen LogP contribution in [-0.2, 0) is 16.6 Å². The molecule has 1 aromatic carbocycles. The standard InChI is InChI=1S/C18H26N4O2S/c1-3-12-20-18(19-4-2)21-15-16-8-10-17(11-9-16)25(23,24)22-13-6-5-7-14-22/h1,8-11H,4-7,12-15H2,2H3,(H2,19,20,21). The van der Waals surface area contributed by atoms with Crippen LogP contribution in [0.1, 0.15) is 31.7 Å². The Morgan fingerprint density at radius 3 is 2.48 bits per heavy atom. The molecule has 0 aromatic heterocycles. The molecule has 1 saturated heterocycles. The number of hydrogen-bond acceptors (Lipinski definition) is 3. The third-order valence-corrected chi connectivity index (χ3v) is 5.91. The van der Waals surface area contributed by atoms with Gasteiger partial charge < -0.3 is 10.6 Å². The van der Waals surface area contributed by atoms with E-state index in [4.69, 9.17) is 6.42 Å². The van der Waals surface area contributed by atoms with E-state index in [1.54, 1.807) is 16.4 Å². The first-order valence-electron chi connectivity index (χ1n) is 8.62. The number of aliphatic imine (C=N–C) groups is 1. The number of nitrogens with zero attached hydrogens (tertiary/aromatic N) is 2. The summed E-state index contributed by atoms with van der Waals surface area (Å²) in [7, 11) is -3.38. The molecule has 0 saturated carbocycles. The Balaban J connectivity index is 2.04. The van der Waals surface area contributed by atoms with E-state index in [1.165, 1.54) is 0 Å². The molecule has 25 heavy (non-hydrogen) atoms. The van der Waals surface area contributed by atoms with Crippen molar-refractivity contribution < 1.29 is 8.42 Å². The van der Waals surface area contributed by atoms with E-state index in [1.807, 2.05) is 19.1 Å². The third kappa shape index (κ3) is 5.48. The molecule has 2 N–H and O–H groups in total. The van der Waals surface area contributed by atoms with Gasteiger partial charge in [-0.25, -0.2) is 13.4 Å².